The first-order valence-corrected chi connectivity index (χ1v) is 11.1. The van der Waals surface area contributed by atoms with E-state index in [4.69, 9.17) is 16.3 Å². The Morgan fingerprint density at radius 1 is 0.968 bits per heavy atom. The molecule has 0 aliphatic heterocycles. The Morgan fingerprint density at radius 2 is 1.58 bits per heavy atom. The number of benzene rings is 2. The second-order valence-electron chi connectivity index (χ2n) is 7.32. The van der Waals surface area contributed by atoms with E-state index in [-0.39, 0.29) is 21.4 Å². The Balaban J connectivity index is 2.01. The molecule has 31 heavy (non-hydrogen) atoms. The molecule has 0 heterocycles. The molecule has 0 atom stereocenters. The Labute approximate surface area is 188 Å². The fourth-order valence-electron chi connectivity index (χ4n) is 2.61. The average molecular weight is 468 g/mol. The first-order valence-electron chi connectivity index (χ1n) is 9.33. The maximum Gasteiger partial charge on any atom is 0.338 e. The van der Waals surface area contributed by atoms with Crippen molar-refractivity contribution < 1.29 is 22.7 Å². The molecule has 10 heteroatoms. The fourth-order valence-corrected chi connectivity index (χ4v) is 4.00. The number of esters is 1. The highest BCUT2D eigenvalue weighted by Crippen LogP contribution is 2.25. The topological polar surface area (TPSA) is 87.2 Å². The van der Waals surface area contributed by atoms with Gasteiger partial charge < -0.3 is 14.5 Å². The summed E-state index contributed by atoms with van der Waals surface area (Å²) < 4.78 is 30.8. The first-order chi connectivity index (χ1) is 14.4. The van der Waals surface area contributed by atoms with Crippen LogP contribution in [0.4, 0.5) is 5.69 Å². The minimum Gasteiger partial charge on any atom is -0.452 e. The van der Waals surface area contributed by atoms with Gasteiger partial charge in [-0.25, -0.2) is 17.5 Å². The number of hydrogen-bond acceptors (Lipinski definition) is 6. The molecule has 0 aliphatic carbocycles. The van der Waals surface area contributed by atoms with Gasteiger partial charge in [-0.2, -0.15) is 0 Å². The van der Waals surface area contributed by atoms with E-state index in [1.807, 2.05) is 43.3 Å². The maximum atomic E-state index is 12.3. The number of carbonyl (C=O) groups excluding carboxylic acids is 2. The van der Waals surface area contributed by atoms with E-state index in [1.165, 1.54) is 31.1 Å². The van der Waals surface area contributed by atoms with Crippen LogP contribution in [0.1, 0.15) is 15.9 Å². The smallest absolute Gasteiger partial charge is 0.338 e. The van der Waals surface area contributed by atoms with Crippen molar-refractivity contribution in [1.82, 2.24) is 9.21 Å². The van der Waals surface area contributed by atoms with Crippen LogP contribution in [0.3, 0.4) is 0 Å². The van der Waals surface area contributed by atoms with Crippen molar-refractivity contribution in [2.24, 2.45) is 0 Å². The number of rotatable bonds is 8. The number of nitrogens with zero attached hydrogens (tertiary/aromatic N) is 3. The summed E-state index contributed by atoms with van der Waals surface area (Å²) in [7, 11) is 4.38. The maximum absolute atomic E-state index is 12.3. The third-order valence-corrected chi connectivity index (χ3v) is 6.85. The highest BCUT2D eigenvalue weighted by atomic mass is 35.5. The zero-order valence-corrected chi connectivity index (χ0v) is 19.7. The molecule has 0 radical (unpaired) electrons. The average Bonchev–Trinajstić information content (AvgIpc) is 2.72. The lowest BCUT2D eigenvalue weighted by Gasteiger charge is -2.18. The van der Waals surface area contributed by atoms with Crippen LogP contribution in [0, 0.1) is 0 Å². The van der Waals surface area contributed by atoms with Crippen molar-refractivity contribution in [3.05, 3.63) is 58.6 Å². The Morgan fingerprint density at radius 3 is 2.13 bits per heavy atom. The summed E-state index contributed by atoms with van der Waals surface area (Å²) in [5.74, 6) is -1.20. The van der Waals surface area contributed by atoms with E-state index < -0.39 is 22.6 Å². The fraction of sp³-hybridized carbons (Fsp3) is 0.333. The van der Waals surface area contributed by atoms with Crippen molar-refractivity contribution in [3.8, 4) is 0 Å². The van der Waals surface area contributed by atoms with E-state index in [0.717, 1.165) is 21.6 Å². The third kappa shape index (κ3) is 6.19. The summed E-state index contributed by atoms with van der Waals surface area (Å²) >= 11 is 5.98. The van der Waals surface area contributed by atoms with Crippen LogP contribution in [-0.4, -0.2) is 71.3 Å². The molecule has 0 aromatic heterocycles. The molecule has 0 unspecified atom stereocenters. The second-order valence-corrected chi connectivity index (χ2v) is 9.85. The molecule has 2 aromatic rings. The van der Waals surface area contributed by atoms with Crippen LogP contribution in [0.5, 0.6) is 0 Å². The highest BCUT2D eigenvalue weighted by molar-refractivity contribution is 7.89. The van der Waals surface area contributed by atoms with Gasteiger partial charge in [-0.05, 0) is 35.9 Å². The minimum atomic E-state index is -3.84. The van der Waals surface area contributed by atoms with Crippen LogP contribution in [0.15, 0.2) is 47.4 Å². The van der Waals surface area contributed by atoms with Gasteiger partial charge in [0.1, 0.15) is 4.90 Å². The lowest BCUT2D eigenvalue weighted by atomic mass is 10.2. The number of hydrogen-bond donors (Lipinski definition) is 0. The lowest BCUT2D eigenvalue weighted by molar-refractivity contribution is -0.133. The van der Waals surface area contributed by atoms with Crippen molar-refractivity contribution in [1.29, 1.82) is 0 Å². The zero-order valence-electron chi connectivity index (χ0n) is 18.1. The SMILES string of the molecule is CN(Cc1ccc(N(C)C)cc1)C(=O)COC(=O)c1ccc(Cl)c(S(=O)(=O)N(C)C)c1. The molecule has 0 fully saturated rings. The molecule has 2 aromatic carbocycles. The molecular formula is C21H26ClN3O5S. The molecule has 1 amide bonds. The van der Waals surface area contributed by atoms with Crippen molar-refractivity contribution >= 4 is 39.2 Å². The predicted octanol–water partition coefficient (Wildman–Crippen LogP) is 2.47. The standard InChI is InChI=1S/C21H26ClN3O5S/c1-23(2)17-9-6-15(7-10-17)13-25(5)20(26)14-30-21(27)16-8-11-18(22)19(12-16)31(28,29)24(3)4/h6-12H,13-14H2,1-5H3. The second kappa shape index (κ2) is 10.1. The van der Waals surface area contributed by atoms with Crippen LogP contribution in [0.25, 0.3) is 0 Å². The third-order valence-electron chi connectivity index (χ3n) is 4.55. The number of carbonyl (C=O) groups is 2. The first kappa shape index (κ1) is 24.6. The van der Waals surface area contributed by atoms with Gasteiger partial charge in [-0.3, -0.25) is 4.79 Å². The molecule has 0 saturated heterocycles. The van der Waals surface area contributed by atoms with Crippen LogP contribution >= 0.6 is 11.6 Å². The molecule has 168 valence electrons. The van der Waals surface area contributed by atoms with E-state index in [9.17, 15) is 18.0 Å². The molecule has 0 spiro atoms. The van der Waals surface area contributed by atoms with Gasteiger partial charge in [0.05, 0.1) is 10.6 Å². The van der Waals surface area contributed by atoms with Crippen LogP contribution < -0.4 is 4.90 Å². The van der Waals surface area contributed by atoms with Crippen molar-refractivity contribution in [3.63, 3.8) is 0 Å². The zero-order chi connectivity index (χ0) is 23.3. The summed E-state index contributed by atoms with van der Waals surface area (Å²) in [6.45, 7) is -0.111. The van der Waals surface area contributed by atoms with Crippen LogP contribution in [0.2, 0.25) is 5.02 Å². The molecule has 8 nitrogen and oxygen atoms in total. The minimum absolute atomic E-state index is 0.0126. The van der Waals surface area contributed by atoms with E-state index >= 15 is 0 Å². The van der Waals surface area contributed by atoms with E-state index in [0.29, 0.717) is 6.54 Å². The number of likely N-dealkylation sites (N-methyl/N-ethyl adjacent to an activating group) is 1. The number of ether oxygens (including phenoxy) is 1. The summed E-state index contributed by atoms with van der Waals surface area (Å²) in [5, 5.41) is -0.0126. The van der Waals surface area contributed by atoms with Gasteiger partial charge in [0.15, 0.2) is 6.61 Å². The summed E-state index contributed by atoms with van der Waals surface area (Å²) in [6, 6.07) is 11.5. The molecule has 0 N–H and O–H groups in total. The summed E-state index contributed by atoms with van der Waals surface area (Å²) in [6.07, 6.45) is 0. The number of sulfonamides is 1. The monoisotopic (exact) mass is 467 g/mol. The highest BCUT2D eigenvalue weighted by Gasteiger charge is 2.23. The van der Waals surface area contributed by atoms with E-state index in [1.54, 1.807) is 7.05 Å². The normalized spacial score (nSPS) is 11.3. The van der Waals surface area contributed by atoms with E-state index in [2.05, 4.69) is 0 Å². The molecular weight excluding hydrogens is 442 g/mol. The van der Waals surface area contributed by atoms with Gasteiger partial charge in [0.25, 0.3) is 5.91 Å². The summed E-state index contributed by atoms with van der Waals surface area (Å²) in [5.41, 5.74) is 1.97. The summed E-state index contributed by atoms with van der Waals surface area (Å²) in [4.78, 5) is 27.9. The number of halogens is 1. The van der Waals surface area contributed by atoms with Crippen molar-refractivity contribution in [2.45, 2.75) is 11.4 Å². The number of amides is 1. The molecule has 0 saturated carbocycles. The lowest BCUT2D eigenvalue weighted by Crippen LogP contribution is -2.31. The molecule has 0 bridgehead atoms. The molecule has 0 aliphatic rings. The van der Waals surface area contributed by atoms with Crippen molar-refractivity contribution in [2.75, 3.05) is 46.7 Å². The van der Waals surface area contributed by atoms with Gasteiger partial charge >= 0.3 is 5.97 Å². The quantitative estimate of drug-likeness (QED) is 0.554. The Kier molecular flexibility index (Phi) is 8.05. The van der Waals surface area contributed by atoms with Gasteiger partial charge in [-0.1, -0.05) is 23.7 Å². The molecule has 2 rings (SSSR count). The van der Waals surface area contributed by atoms with Gasteiger partial charge in [0, 0.05) is 47.5 Å². The Hall–Kier alpha value is -2.62. The van der Waals surface area contributed by atoms with Crippen LogP contribution in [-0.2, 0) is 26.1 Å². The largest absolute Gasteiger partial charge is 0.452 e. The van der Waals surface area contributed by atoms with Gasteiger partial charge in [-0.15, -0.1) is 0 Å². The van der Waals surface area contributed by atoms with Gasteiger partial charge in [0.2, 0.25) is 10.0 Å². The number of anilines is 1. The Bertz CT molecular complexity index is 1050. The predicted molar refractivity (Wildman–Crippen MR) is 120 cm³/mol.